The highest BCUT2D eigenvalue weighted by Gasteiger charge is 2.25. The van der Waals surface area contributed by atoms with E-state index in [1.807, 2.05) is 13.8 Å². The van der Waals surface area contributed by atoms with Gasteiger partial charge in [-0.3, -0.25) is 0 Å². The number of hydrogen-bond acceptors (Lipinski definition) is 4. The summed E-state index contributed by atoms with van der Waals surface area (Å²) < 4.78 is 26.6. The zero-order valence-electron chi connectivity index (χ0n) is 13.0. The molecule has 0 saturated carbocycles. The third-order valence-electron chi connectivity index (χ3n) is 3.74. The lowest BCUT2D eigenvalue weighted by Gasteiger charge is -2.21. The number of aromatic nitrogens is 2. The van der Waals surface area contributed by atoms with E-state index >= 15 is 0 Å². The molecular weight excluding hydrogens is 324 g/mol. The van der Waals surface area contributed by atoms with Crippen LogP contribution in [0, 0.1) is 5.92 Å². The lowest BCUT2D eigenvalue weighted by molar-refractivity contribution is 0.398. The maximum Gasteiger partial charge on any atom is 0.245 e. The minimum absolute atomic E-state index is 0. The Balaban J connectivity index is 0.00000242. The monoisotopic (exact) mass is 346 g/mol. The zero-order chi connectivity index (χ0) is 15.6. The molecule has 1 unspecified atom stereocenters. The molecule has 0 saturated heterocycles. The number of pyridine rings is 1. The molecule has 22 heavy (non-hydrogen) atoms. The second-order valence-electron chi connectivity index (χ2n) is 5.58. The van der Waals surface area contributed by atoms with Gasteiger partial charge in [0.2, 0.25) is 10.0 Å². The van der Waals surface area contributed by atoms with E-state index in [2.05, 4.69) is 9.97 Å². The van der Waals surface area contributed by atoms with Gasteiger partial charge in [-0.25, -0.2) is 17.7 Å². The first-order chi connectivity index (χ1) is 9.84. The van der Waals surface area contributed by atoms with E-state index in [1.165, 1.54) is 10.5 Å². The number of halogens is 1. The van der Waals surface area contributed by atoms with E-state index in [0.29, 0.717) is 29.9 Å². The van der Waals surface area contributed by atoms with Gasteiger partial charge in [0.05, 0.1) is 0 Å². The van der Waals surface area contributed by atoms with Gasteiger partial charge in [-0.2, -0.15) is 0 Å². The summed E-state index contributed by atoms with van der Waals surface area (Å²) in [4.78, 5) is 7.26. The van der Waals surface area contributed by atoms with Gasteiger partial charge in [-0.15, -0.1) is 12.4 Å². The van der Waals surface area contributed by atoms with Crippen LogP contribution in [0.15, 0.2) is 29.4 Å². The number of hydrogen-bond donors (Lipinski definition) is 2. The number of rotatable bonds is 6. The number of fused-ring (bicyclic) bond motifs is 1. The molecule has 0 aliphatic rings. The first kappa shape index (κ1) is 18.9. The van der Waals surface area contributed by atoms with Crippen molar-refractivity contribution in [1.82, 2.24) is 14.3 Å². The smallest absolute Gasteiger partial charge is 0.245 e. The minimum Gasteiger partial charge on any atom is -0.345 e. The topological polar surface area (TPSA) is 92.1 Å². The van der Waals surface area contributed by atoms with E-state index in [4.69, 9.17) is 5.73 Å². The van der Waals surface area contributed by atoms with E-state index in [1.54, 1.807) is 25.4 Å². The van der Waals surface area contributed by atoms with Crippen LogP contribution >= 0.6 is 12.4 Å². The van der Waals surface area contributed by atoms with Crippen LogP contribution in [-0.2, 0) is 10.0 Å². The van der Waals surface area contributed by atoms with Gasteiger partial charge in [-0.05, 0) is 24.5 Å². The Morgan fingerprint density at radius 1 is 1.41 bits per heavy atom. The summed E-state index contributed by atoms with van der Waals surface area (Å²) in [6.07, 6.45) is 3.75. The van der Waals surface area contributed by atoms with E-state index < -0.39 is 10.0 Å². The Bertz CT molecular complexity index is 714. The van der Waals surface area contributed by atoms with Crippen LogP contribution in [-0.4, -0.2) is 42.3 Å². The van der Waals surface area contributed by atoms with Gasteiger partial charge in [0, 0.05) is 37.4 Å². The van der Waals surface area contributed by atoms with Gasteiger partial charge in [0.15, 0.2) is 0 Å². The number of nitrogens with one attached hydrogen (secondary N) is 1. The summed E-state index contributed by atoms with van der Waals surface area (Å²) in [5, 5.41) is 0.609. The van der Waals surface area contributed by atoms with Crippen molar-refractivity contribution in [2.24, 2.45) is 11.7 Å². The normalized spacial score (nSPS) is 13.5. The predicted octanol–water partition coefficient (Wildman–Crippen LogP) is 1.98. The van der Waals surface area contributed by atoms with Crippen molar-refractivity contribution in [2.45, 2.75) is 31.2 Å². The molecule has 2 aromatic rings. The van der Waals surface area contributed by atoms with E-state index in [0.717, 1.165) is 0 Å². The number of nitrogens with zero attached hydrogens (tertiary/aromatic N) is 2. The van der Waals surface area contributed by atoms with Gasteiger partial charge in [0.25, 0.3) is 0 Å². The van der Waals surface area contributed by atoms with Crippen molar-refractivity contribution in [1.29, 1.82) is 0 Å². The molecule has 0 aliphatic heterocycles. The third-order valence-corrected chi connectivity index (χ3v) is 5.63. The third kappa shape index (κ3) is 3.78. The standard InChI is InChI=1S/C14H22N4O2S.ClH/c1-10(2)12(15)6-8-18(3)21(19,20)13-9-17-14-11(13)5-4-7-16-14;/h4-5,7,9-10,12H,6,8,15H2,1-3H3,(H,16,17);1H. The zero-order valence-corrected chi connectivity index (χ0v) is 14.6. The van der Waals surface area contributed by atoms with Crippen LogP contribution in [0.3, 0.4) is 0 Å². The minimum atomic E-state index is -3.54. The highest BCUT2D eigenvalue weighted by molar-refractivity contribution is 7.89. The average Bonchev–Trinajstić information content (AvgIpc) is 2.88. The SMILES string of the molecule is CC(C)C(N)CCN(C)S(=O)(=O)c1c[nH]c2ncccc12.Cl. The fraction of sp³-hybridized carbons (Fsp3) is 0.500. The highest BCUT2D eigenvalue weighted by Crippen LogP contribution is 2.23. The Morgan fingerprint density at radius 3 is 2.73 bits per heavy atom. The molecule has 0 amide bonds. The predicted molar refractivity (Wildman–Crippen MR) is 90.6 cm³/mol. The molecule has 0 fully saturated rings. The summed E-state index contributed by atoms with van der Waals surface area (Å²) in [6, 6.07) is 3.47. The van der Waals surface area contributed by atoms with Crippen LogP contribution in [0.5, 0.6) is 0 Å². The van der Waals surface area contributed by atoms with Crippen LogP contribution in [0.4, 0.5) is 0 Å². The van der Waals surface area contributed by atoms with Crippen molar-refractivity contribution in [3.05, 3.63) is 24.5 Å². The van der Waals surface area contributed by atoms with Crippen molar-refractivity contribution in [3.8, 4) is 0 Å². The summed E-state index contributed by atoms with van der Waals surface area (Å²) in [7, 11) is -1.96. The molecule has 0 aliphatic carbocycles. The van der Waals surface area contributed by atoms with Crippen LogP contribution in [0.2, 0.25) is 0 Å². The maximum absolute atomic E-state index is 12.6. The highest BCUT2D eigenvalue weighted by atomic mass is 35.5. The molecule has 2 heterocycles. The molecular formula is C14H23ClN4O2S. The van der Waals surface area contributed by atoms with Gasteiger partial charge < -0.3 is 10.7 Å². The quantitative estimate of drug-likeness (QED) is 0.836. The Morgan fingerprint density at radius 2 is 2.09 bits per heavy atom. The molecule has 3 N–H and O–H groups in total. The Kier molecular flexibility index (Phi) is 6.37. The fourth-order valence-electron chi connectivity index (χ4n) is 2.10. The summed E-state index contributed by atoms with van der Waals surface area (Å²) in [5.41, 5.74) is 6.55. The molecule has 8 heteroatoms. The number of aromatic amines is 1. The van der Waals surface area contributed by atoms with Crippen LogP contribution < -0.4 is 5.73 Å². The van der Waals surface area contributed by atoms with Gasteiger partial charge >= 0.3 is 0 Å². The second kappa shape index (κ2) is 7.41. The van der Waals surface area contributed by atoms with Crippen LogP contribution in [0.25, 0.3) is 11.0 Å². The second-order valence-corrected chi connectivity index (χ2v) is 7.59. The molecule has 0 aromatic carbocycles. The molecule has 2 aromatic heterocycles. The first-order valence-corrected chi connectivity index (χ1v) is 8.42. The summed E-state index contributed by atoms with van der Waals surface area (Å²) in [5.74, 6) is 0.332. The Hall–Kier alpha value is -1.15. The molecule has 0 bridgehead atoms. The first-order valence-electron chi connectivity index (χ1n) is 6.98. The lowest BCUT2D eigenvalue weighted by Crippen LogP contribution is -2.34. The number of nitrogens with two attached hydrogens (primary N) is 1. The molecule has 1 atom stereocenters. The van der Waals surface area contributed by atoms with Crippen molar-refractivity contribution >= 4 is 33.5 Å². The molecule has 124 valence electrons. The number of sulfonamides is 1. The van der Waals surface area contributed by atoms with E-state index in [-0.39, 0.29) is 23.3 Å². The molecule has 0 radical (unpaired) electrons. The number of H-pyrrole nitrogens is 1. The lowest BCUT2D eigenvalue weighted by atomic mass is 10.0. The maximum atomic E-state index is 12.6. The summed E-state index contributed by atoms with van der Waals surface area (Å²) in [6.45, 7) is 4.46. The Labute approximate surface area is 137 Å². The molecule has 2 rings (SSSR count). The molecule has 6 nitrogen and oxygen atoms in total. The largest absolute Gasteiger partial charge is 0.345 e. The van der Waals surface area contributed by atoms with Crippen molar-refractivity contribution < 1.29 is 8.42 Å². The van der Waals surface area contributed by atoms with Crippen molar-refractivity contribution in [3.63, 3.8) is 0 Å². The molecule has 0 spiro atoms. The van der Waals surface area contributed by atoms with Crippen LogP contribution in [0.1, 0.15) is 20.3 Å². The van der Waals surface area contributed by atoms with E-state index in [9.17, 15) is 8.42 Å². The van der Waals surface area contributed by atoms with Gasteiger partial charge in [-0.1, -0.05) is 13.8 Å². The fourth-order valence-corrected chi connectivity index (χ4v) is 3.43. The average molecular weight is 347 g/mol. The van der Waals surface area contributed by atoms with Gasteiger partial charge in [0.1, 0.15) is 10.5 Å². The summed E-state index contributed by atoms with van der Waals surface area (Å²) >= 11 is 0. The van der Waals surface area contributed by atoms with Crippen molar-refractivity contribution in [2.75, 3.05) is 13.6 Å².